The van der Waals surface area contributed by atoms with Gasteiger partial charge in [0, 0.05) is 30.3 Å². The summed E-state index contributed by atoms with van der Waals surface area (Å²) in [6.07, 6.45) is 2.36. The quantitative estimate of drug-likeness (QED) is 0.644. The van der Waals surface area contributed by atoms with Crippen molar-refractivity contribution in [2.24, 2.45) is 5.92 Å². The smallest absolute Gasteiger partial charge is 0.270 e. The van der Waals surface area contributed by atoms with Gasteiger partial charge >= 0.3 is 0 Å². The Morgan fingerprint density at radius 3 is 2.78 bits per heavy atom. The highest BCUT2D eigenvalue weighted by atomic mass is 16.6. The molecular weight excluding hydrogens is 232 g/mol. The highest BCUT2D eigenvalue weighted by Gasteiger charge is 2.24. The van der Waals surface area contributed by atoms with Gasteiger partial charge < -0.3 is 10.1 Å². The molecule has 1 N–H and O–H groups in total. The summed E-state index contributed by atoms with van der Waals surface area (Å²) in [5.41, 5.74) is 0.945. The minimum absolute atomic E-state index is 0.106. The SMILES string of the molecule is COc1ccc([N+](=O)[O-])cc1CNC1CC(C)C1. The third-order valence-electron chi connectivity index (χ3n) is 3.43. The summed E-state index contributed by atoms with van der Waals surface area (Å²) in [6.45, 7) is 2.84. The van der Waals surface area contributed by atoms with Crippen LogP contribution in [0.15, 0.2) is 18.2 Å². The average molecular weight is 250 g/mol. The highest BCUT2D eigenvalue weighted by Crippen LogP contribution is 2.28. The molecule has 0 aliphatic heterocycles. The summed E-state index contributed by atoms with van der Waals surface area (Å²) in [5.74, 6) is 1.48. The standard InChI is InChI=1S/C13H18N2O3/c1-9-5-11(6-9)14-8-10-7-12(15(16)17)3-4-13(10)18-2/h3-4,7,9,11,14H,5-6,8H2,1-2H3. The normalized spacial score (nSPS) is 22.3. The largest absolute Gasteiger partial charge is 0.496 e. The molecule has 0 aromatic heterocycles. The molecule has 0 bridgehead atoms. The maximum absolute atomic E-state index is 10.7. The van der Waals surface area contributed by atoms with E-state index >= 15 is 0 Å². The Kier molecular flexibility index (Phi) is 3.81. The van der Waals surface area contributed by atoms with Gasteiger partial charge in [0.2, 0.25) is 0 Å². The van der Waals surface area contributed by atoms with Gasteiger partial charge in [-0.15, -0.1) is 0 Å². The summed E-state index contributed by atoms with van der Waals surface area (Å²) in [4.78, 5) is 10.4. The van der Waals surface area contributed by atoms with Crippen LogP contribution in [0.1, 0.15) is 25.3 Å². The van der Waals surface area contributed by atoms with E-state index in [0.29, 0.717) is 18.3 Å². The van der Waals surface area contributed by atoms with Crippen LogP contribution < -0.4 is 10.1 Å². The van der Waals surface area contributed by atoms with Crippen molar-refractivity contribution in [3.8, 4) is 5.75 Å². The summed E-state index contributed by atoms with van der Waals surface area (Å²) in [6, 6.07) is 5.23. The number of ether oxygens (including phenoxy) is 1. The summed E-state index contributed by atoms with van der Waals surface area (Å²) in [7, 11) is 1.58. The van der Waals surface area contributed by atoms with Gasteiger partial charge in [-0.25, -0.2) is 0 Å². The first-order valence-electron chi connectivity index (χ1n) is 6.15. The Morgan fingerprint density at radius 2 is 2.22 bits per heavy atom. The molecule has 98 valence electrons. The van der Waals surface area contributed by atoms with E-state index < -0.39 is 0 Å². The van der Waals surface area contributed by atoms with Gasteiger partial charge in [0.05, 0.1) is 12.0 Å². The first-order chi connectivity index (χ1) is 8.60. The van der Waals surface area contributed by atoms with Gasteiger partial charge in [0.1, 0.15) is 5.75 Å². The van der Waals surface area contributed by atoms with Gasteiger partial charge in [-0.3, -0.25) is 10.1 Å². The van der Waals surface area contributed by atoms with Crippen LogP contribution in [-0.4, -0.2) is 18.1 Å². The predicted molar refractivity (Wildman–Crippen MR) is 68.7 cm³/mol. The van der Waals surface area contributed by atoms with E-state index in [1.54, 1.807) is 19.2 Å². The van der Waals surface area contributed by atoms with Crippen molar-refractivity contribution in [3.63, 3.8) is 0 Å². The fourth-order valence-electron chi connectivity index (χ4n) is 2.34. The van der Waals surface area contributed by atoms with Gasteiger partial charge in [0.25, 0.3) is 5.69 Å². The lowest BCUT2D eigenvalue weighted by molar-refractivity contribution is -0.384. The summed E-state index contributed by atoms with van der Waals surface area (Å²) < 4.78 is 5.22. The lowest BCUT2D eigenvalue weighted by atomic mass is 9.82. The molecule has 1 saturated carbocycles. The predicted octanol–water partition coefficient (Wildman–Crippen LogP) is 2.49. The van der Waals surface area contributed by atoms with Crippen LogP contribution in [0.25, 0.3) is 0 Å². The number of nitro benzene ring substituents is 1. The maximum Gasteiger partial charge on any atom is 0.270 e. The summed E-state index contributed by atoms with van der Waals surface area (Å²) >= 11 is 0. The van der Waals surface area contributed by atoms with Crippen LogP contribution in [0.3, 0.4) is 0 Å². The van der Waals surface area contributed by atoms with Crippen LogP contribution in [0.5, 0.6) is 5.75 Å². The molecule has 1 aliphatic carbocycles. The fourth-order valence-corrected chi connectivity index (χ4v) is 2.34. The molecule has 0 unspecified atom stereocenters. The fraction of sp³-hybridized carbons (Fsp3) is 0.538. The second-order valence-electron chi connectivity index (χ2n) is 4.91. The van der Waals surface area contributed by atoms with Crippen LogP contribution >= 0.6 is 0 Å². The molecule has 1 aliphatic rings. The van der Waals surface area contributed by atoms with Gasteiger partial charge in [-0.05, 0) is 24.8 Å². The minimum atomic E-state index is -0.381. The second kappa shape index (κ2) is 5.35. The Labute approximate surface area is 106 Å². The van der Waals surface area contributed by atoms with E-state index in [9.17, 15) is 10.1 Å². The maximum atomic E-state index is 10.7. The number of nitro groups is 1. The summed E-state index contributed by atoms with van der Waals surface area (Å²) in [5, 5.41) is 14.1. The molecular formula is C13H18N2O3. The van der Waals surface area contributed by atoms with Gasteiger partial charge in [-0.2, -0.15) is 0 Å². The van der Waals surface area contributed by atoms with Crippen molar-refractivity contribution < 1.29 is 9.66 Å². The average Bonchev–Trinajstić information content (AvgIpc) is 2.32. The van der Waals surface area contributed by atoms with E-state index in [1.165, 1.54) is 18.9 Å². The van der Waals surface area contributed by atoms with Crippen molar-refractivity contribution in [2.45, 2.75) is 32.4 Å². The zero-order valence-electron chi connectivity index (χ0n) is 10.7. The van der Waals surface area contributed by atoms with E-state index in [2.05, 4.69) is 12.2 Å². The van der Waals surface area contributed by atoms with Crippen LogP contribution in [-0.2, 0) is 6.54 Å². The first-order valence-corrected chi connectivity index (χ1v) is 6.15. The Bertz CT molecular complexity index is 442. The Morgan fingerprint density at radius 1 is 1.50 bits per heavy atom. The molecule has 2 rings (SSSR count). The zero-order valence-corrected chi connectivity index (χ0v) is 10.7. The van der Waals surface area contributed by atoms with Crippen molar-refractivity contribution in [2.75, 3.05) is 7.11 Å². The van der Waals surface area contributed by atoms with Crippen LogP contribution in [0.2, 0.25) is 0 Å². The van der Waals surface area contributed by atoms with E-state index in [-0.39, 0.29) is 10.6 Å². The molecule has 5 nitrogen and oxygen atoms in total. The van der Waals surface area contributed by atoms with E-state index in [0.717, 1.165) is 11.5 Å². The van der Waals surface area contributed by atoms with Crippen molar-refractivity contribution in [3.05, 3.63) is 33.9 Å². The van der Waals surface area contributed by atoms with Crippen molar-refractivity contribution >= 4 is 5.69 Å². The second-order valence-corrected chi connectivity index (χ2v) is 4.91. The monoisotopic (exact) mass is 250 g/mol. The molecule has 18 heavy (non-hydrogen) atoms. The van der Waals surface area contributed by atoms with E-state index in [1.807, 2.05) is 0 Å². The molecule has 5 heteroatoms. The topological polar surface area (TPSA) is 64.4 Å². The molecule has 1 aromatic carbocycles. The molecule has 0 amide bonds. The number of hydrogen-bond donors (Lipinski definition) is 1. The zero-order chi connectivity index (χ0) is 13.1. The number of non-ortho nitro benzene ring substituents is 1. The lowest BCUT2D eigenvalue weighted by Gasteiger charge is -2.33. The number of benzene rings is 1. The third-order valence-corrected chi connectivity index (χ3v) is 3.43. The number of methoxy groups -OCH3 is 1. The lowest BCUT2D eigenvalue weighted by Crippen LogP contribution is -2.39. The minimum Gasteiger partial charge on any atom is -0.496 e. The van der Waals surface area contributed by atoms with Crippen LogP contribution in [0.4, 0.5) is 5.69 Å². The number of nitrogens with zero attached hydrogens (tertiary/aromatic N) is 1. The molecule has 1 aromatic rings. The molecule has 0 atom stereocenters. The first kappa shape index (κ1) is 12.8. The molecule has 0 spiro atoms. The highest BCUT2D eigenvalue weighted by molar-refractivity contribution is 5.43. The van der Waals surface area contributed by atoms with E-state index in [4.69, 9.17) is 4.74 Å². The number of hydrogen-bond acceptors (Lipinski definition) is 4. The molecule has 0 heterocycles. The Balaban J connectivity index is 2.04. The van der Waals surface area contributed by atoms with Gasteiger partial charge in [-0.1, -0.05) is 6.92 Å². The molecule has 0 saturated heterocycles. The van der Waals surface area contributed by atoms with Crippen molar-refractivity contribution in [1.29, 1.82) is 0 Å². The van der Waals surface area contributed by atoms with Crippen molar-refractivity contribution in [1.82, 2.24) is 5.32 Å². The third kappa shape index (κ3) is 2.79. The molecule has 0 radical (unpaired) electrons. The Hall–Kier alpha value is -1.62. The van der Waals surface area contributed by atoms with Crippen LogP contribution in [0, 0.1) is 16.0 Å². The molecule has 1 fully saturated rings. The number of nitrogens with one attached hydrogen (secondary N) is 1. The number of rotatable bonds is 5. The van der Waals surface area contributed by atoms with Gasteiger partial charge in [0.15, 0.2) is 0 Å².